The van der Waals surface area contributed by atoms with Crippen molar-refractivity contribution in [2.24, 2.45) is 0 Å². The van der Waals surface area contributed by atoms with Gasteiger partial charge in [0.25, 0.3) is 5.91 Å². The second-order valence-corrected chi connectivity index (χ2v) is 7.03. The first-order valence-electron chi connectivity index (χ1n) is 7.68. The molecule has 0 aliphatic carbocycles. The molecule has 0 saturated carbocycles. The summed E-state index contributed by atoms with van der Waals surface area (Å²) in [6, 6.07) is 3.54. The summed E-state index contributed by atoms with van der Waals surface area (Å²) in [7, 11) is 1.99. The molecular formula is C16H18Cl2N2O4. The number of carboxylic acid groups (broad SMARTS) is 1. The minimum absolute atomic E-state index is 0.00783. The predicted molar refractivity (Wildman–Crippen MR) is 89.5 cm³/mol. The molecule has 1 unspecified atom stereocenters. The van der Waals surface area contributed by atoms with Crippen molar-refractivity contribution in [1.82, 2.24) is 9.80 Å². The summed E-state index contributed by atoms with van der Waals surface area (Å²) in [4.78, 5) is 28.2. The van der Waals surface area contributed by atoms with Crippen LogP contribution in [0.4, 0.5) is 0 Å². The number of carbonyl (C=O) groups is 2. The molecule has 8 heteroatoms. The van der Waals surface area contributed by atoms with Gasteiger partial charge in [-0.3, -0.25) is 9.69 Å². The molecule has 2 aliphatic heterocycles. The molecule has 2 saturated heterocycles. The quantitative estimate of drug-likeness (QED) is 0.862. The van der Waals surface area contributed by atoms with E-state index in [0.29, 0.717) is 23.4 Å². The minimum atomic E-state index is -1.07. The molecular weight excluding hydrogens is 355 g/mol. The summed E-state index contributed by atoms with van der Waals surface area (Å²) in [6.07, 6.45) is 1.14. The highest BCUT2D eigenvalue weighted by atomic mass is 35.5. The average molecular weight is 373 g/mol. The Labute approximate surface area is 149 Å². The van der Waals surface area contributed by atoms with E-state index in [9.17, 15) is 14.7 Å². The number of likely N-dealkylation sites (tertiary alicyclic amines) is 1. The standard InChI is InChI=1S/C16H18Cl2N2O4/c1-19-6-4-16(5-7-19)20(13(9-24-16)15(22)23)14(21)10-2-3-11(17)12(18)8-10/h2-3,8,13H,4-7,9H2,1H3,(H,22,23). The summed E-state index contributed by atoms with van der Waals surface area (Å²) in [6.45, 7) is 1.46. The van der Waals surface area contributed by atoms with Crippen LogP contribution in [-0.4, -0.2) is 65.3 Å². The van der Waals surface area contributed by atoms with Gasteiger partial charge >= 0.3 is 5.97 Å². The lowest BCUT2D eigenvalue weighted by atomic mass is 9.97. The van der Waals surface area contributed by atoms with Crippen molar-refractivity contribution >= 4 is 35.1 Å². The van der Waals surface area contributed by atoms with Gasteiger partial charge in [-0.25, -0.2) is 4.79 Å². The number of amides is 1. The number of rotatable bonds is 2. The molecule has 1 N–H and O–H groups in total. The molecule has 1 aromatic carbocycles. The van der Waals surface area contributed by atoms with E-state index in [-0.39, 0.29) is 11.6 Å². The van der Waals surface area contributed by atoms with Gasteiger partial charge in [0.2, 0.25) is 0 Å². The lowest BCUT2D eigenvalue weighted by molar-refractivity contribution is -0.143. The second-order valence-electron chi connectivity index (χ2n) is 6.22. The first-order chi connectivity index (χ1) is 11.3. The van der Waals surface area contributed by atoms with E-state index in [0.717, 1.165) is 13.1 Å². The molecule has 130 valence electrons. The van der Waals surface area contributed by atoms with Crippen LogP contribution in [0.25, 0.3) is 0 Å². The number of nitrogens with zero attached hydrogens (tertiary/aromatic N) is 2. The molecule has 2 heterocycles. The molecule has 1 amide bonds. The molecule has 2 aliphatic rings. The van der Waals surface area contributed by atoms with Crippen molar-refractivity contribution in [1.29, 1.82) is 0 Å². The fourth-order valence-corrected chi connectivity index (χ4v) is 3.59. The van der Waals surface area contributed by atoms with Gasteiger partial charge in [0.1, 0.15) is 5.72 Å². The summed E-state index contributed by atoms with van der Waals surface area (Å²) in [5, 5.41) is 10.1. The van der Waals surface area contributed by atoms with Crippen LogP contribution in [0.2, 0.25) is 10.0 Å². The third kappa shape index (κ3) is 2.99. The van der Waals surface area contributed by atoms with E-state index in [4.69, 9.17) is 27.9 Å². The van der Waals surface area contributed by atoms with Gasteiger partial charge in [0, 0.05) is 31.5 Å². The van der Waals surface area contributed by atoms with Crippen LogP contribution < -0.4 is 0 Å². The molecule has 0 bridgehead atoms. The normalized spacial score (nSPS) is 23.6. The number of hydrogen-bond acceptors (Lipinski definition) is 4. The molecule has 0 radical (unpaired) electrons. The van der Waals surface area contributed by atoms with Crippen molar-refractivity contribution in [3.63, 3.8) is 0 Å². The third-order valence-electron chi connectivity index (χ3n) is 4.70. The minimum Gasteiger partial charge on any atom is -0.480 e. The van der Waals surface area contributed by atoms with Crippen LogP contribution in [0.5, 0.6) is 0 Å². The SMILES string of the molecule is CN1CCC2(CC1)OCC(C(=O)O)N2C(=O)c1ccc(Cl)c(Cl)c1. The molecule has 2 fully saturated rings. The summed E-state index contributed by atoms with van der Waals surface area (Å²) in [5.41, 5.74) is -0.571. The number of hydrogen-bond donors (Lipinski definition) is 1. The largest absolute Gasteiger partial charge is 0.480 e. The lowest BCUT2D eigenvalue weighted by Crippen LogP contribution is -2.57. The van der Waals surface area contributed by atoms with Crippen LogP contribution in [0.1, 0.15) is 23.2 Å². The van der Waals surface area contributed by atoms with E-state index >= 15 is 0 Å². The monoisotopic (exact) mass is 372 g/mol. The average Bonchev–Trinajstić information content (AvgIpc) is 2.92. The Hall–Kier alpha value is -1.34. The molecule has 6 nitrogen and oxygen atoms in total. The van der Waals surface area contributed by atoms with E-state index in [1.54, 1.807) is 6.07 Å². The number of benzene rings is 1. The Balaban J connectivity index is 1.96. The van der Waals surface area contributed by atoms with Gasteiger partial charge in [-0.2, -0.15) is 0 Å². The van der Waals surface area contributed by atoms with E-state index < -0.39 is 23.6 Å². The van der Waals surface area contributed by atoms with Gasteiger partial charge in [-0.1, -0.05) is 23.2 Å². The van der Waals surface area contributed by atoms with Gasteiger partial charge < -0.3 is 14.7 Å². The van der Waals surface area contributed by atoms with Crippen LogP contribution in [-0.2, 0) is 9.53 Å². The molecule has 1 spiro atoms. The van der Waals surface area contributed by atoms with Crippen molar-refractivity contribution in [2.45, 2.75) is 24.6 Å². The van der Waals surface area contributed by atoms with Crippen molar-refractivity contribution in [2.75, 3.05) is 26.7 Å². The van der Waals surface area contributed by atoms with Crippen LogP contribution in [0, 0.1) is 0 Å². The summed E-state index contributed by atoms with van der Waals surface area (Å²) in [5.74, 6) is -1.47. The lowest BCUT2D eigenvalue weighted by Gasteiger charge is -2.43. The Morgan fingerprint density at radius 3 is 2.50 bits per heavy atom. The maximum atomic E-state index is 13.0. The first kappa shape index (κ1) is 17.5. The number of ether oxygens (including phenoxy) is 1. The predicted octanol–water partition coefficient (Wildman–Crippen LogP) is 2.34. The first-order valence-corrected chi connectivity index (χ1v) is 8.44. The van der Waals surface area contributed by atoms with Crippen LogP contribution in [0.3, 0.4) is 0 Å². The summed E-state index contributed by atoms with van der Waals surface area (Å²) < 4.78 is 5.85. The fraction of sp³-hybridized carbons (Fsp3) is 0.500. The second kappa shape index (κ2) is 6.52. The number of halogens is 2. The zero-order valence-corrected chi connectivity index (χ0v) is 14.7. The number of piperidine rings is 1. The van der Waals surface area contributed by atoms with Crippen molar-refractivity contribution in [3.8, 4) is 0 Å². The van der Waals surface area contributed by atoms with Crippen LogP contribution in [0.15, 0.2) is 18.2 Å². The molecule has 1 aromatic rings. The molecule has 3 rings (SSSR count). The van der Waals surface area contributed by atoms with E-state index in [2.05, 4.69) is 4.90 Å². The number of carbonyl (C=O) groups excluding carboxylic acids is 1. The Morgan fingerprint density at radius 2 is 1.92 bits per heavy atom. The number of aliphatic carboxylic acids is 1. The van der Waals surface area contributed by atoms with Gasteiger partial charge in [0.15, 0.2) is 6.04 Å². The highest BCUT2D eigenvalue weighted by Gasteiger charge is 2.53. The summed E-state index contributed by atoms with van der Waals surface area (Å²) >= 11 is 11.9. The zero-order chi connectivity index (χ0) is 17.5. The maximum absolute atomic E-state index is 13.0. The van der Waals surface area contributed by atoms with Crippen LogP contribution >= 0.6 is 23.2 Å². The molecule has 0 aromatic heterocycles. The Morgan fingerprint density at radius 1 is 1.25 bits per heavy atom. The number of carboxylic acids is 1. The smallest absolute Gasteiger partial charge is 0.328 e. The Kier molecular flexibility index (Phi) is 4.75. The van der Waals surface area contributed by atoms with E-state index in [1.165, 1.54) is 17.0 Å². The van der Waals surface area contributed by atoms with Gasteiger partial charge in [-0.05, 0) is 25.2 Å². The molecule has 1 atom stereocenters. The maximum Gasteiger partial charge on any atom is 0.328 e. The van der Waals surface area contributed by atoms with Crippen molar-refractivity contribution in [3.05, 3.63) is 33.8 Å². The third-order valence-corrected chi connectivity index (χ3v) is 5.44. The van der Waals surface area contributed by atoms with E-state index in [1.807, 2.05) is 7.05 Å². The topological polar surface area (TPSA) is 70.1 Å². The van der Waals surface area contributed by atoms with Gasteiger partial charge in [-0.15, -0.1) is 0 Å². The Bertz CT molecular complexity index is 674. The van der Waals surface area contributed by atoms with Crippen molar-refractivity contribution < 1.29 is 19.4 Å². The zero-order valence-electron chi connectivity index (χ0n) is 13.2. The molecule has 24 heavy (non-hydrogen) atoms. The highest BCUT2D eigenvalue weighted by molar-refractivity contribution is 6.42. The van der Waals surface area contributed by atoms with Gasteiger partial charge in [0.05, 0.1) is 16.7 Å². The fourth-order valence-electron chi connectivity index (χ4n) is 3.29. The highest BCUT2D eigenvalue weighted by Crippen LogP contribution is 2.38.